The van der Waals surface area contributed by atoms with Crippen molar-refractivity contribution in [3.05, 3.63) is 11.6 Å². The van der Waals surface area contributed by atoms with Gasteiger partial charge in [0.05, 0.1) is 11.4 Å². The van der Waals surface area contributed by atoms with Crippen molar-refractivity contribution in [3.63, 3.8) is 0 Å². The molecule has 1 aromatic rings. The molecule has 5 heteroatoms. The summed E-state index contributed by atoms with van der Waals surface area (Å²) < 4.78 is 7.93. The lowest BCUT2D eigenvalue weighted by molar-refractivity contribution is 0.0111. The predicted molar refractivity (Wildman–Crippen MR) is 70.2 cm³/mol. The molecule has 1 aliphatic rings. The number of aromatic nitrogens is 3. The van der Waals surface area contributed by atoms with Crippen LogP contribution in [0.3, 0.4) is 0 Å². The first-order chi connectivity index (χ1) is 8.35. The van der Waals surface area contributed by atoms with Gasteiger partial charge in [0.2, 0.25) is 0 Å². The van der Waals surface area contributed by atoms with Crippen LogP contribution in [0.2, 0.25) is 0 Å². The first kappa shape index (κ1) is 13.0. The number of nitrogens with zero attached hydrogens (tertiary/aromatic N) is 3. The number of alkyl halides is 1. The number of rotatable bonds is 5. The first-order valence-corrected chi connectivity index (χ1v) is 7.55. The topological polar surface area (TPSA) is 39.9 Å². The van der Waals surface area contributed by atoms with Crippen molar-refractivity contribution in [2.24, 2.45) is 0 Å². The molecular weight excluding hydrogens is 282 g/mol. The molecule has 1 aliphatic heterocycles. The maximum Gasteiger partial charge on any atom is 0.143 e. The molecule has 0 radical (unpaired) electrons. The van der Waals surface area contributed by atoms with Gasteiger partial charge in [-0.25, -0.2) is 0 Å². The van der Waals surface area contributed by atoms with E-state index in [0.29, 0.717) is 6.10 Å². The Kier molecular flexibility index (Phi) is 4.98. The molecule has 17 heavy (non-hydrogen) atoms. The second-order valence-electron chi connectivity index (χ2n) is 4.44. The lowest BCUT2D eigenvalue weighted by atomic mass is 10.0. The average Bonchev–Trinajstić information content (AvgIpc) is 2.79. The lowest BCUT2D eigenvalue weighted by Crippen LogP contribution is -2.20. The van der Waals surface area contributed by atoms with Crippen LogP contribution in [0.15, 0.2) is 0 Å². The maximum atomic E-state index is 5.74. The van der Waals surface area contributed by atoms with Gasteiger partial charge in [-0.3, -0.25) is 0 Å². The van der Waals surface area contributed by atoms with E-state index in [-0.39, 0.29) is 0 Å². The number of hydrogen-bond donors (Lipinski definition) is 0. The van der Waals surface area contributed by atoms with Crippen molar-refractivity contribution in [1.29, 1.82) is 0 Å². The van der Waals surface area contributed by atoms with Crippen LogP contribution in [0, 0.1) is 0 Å². The molecule has 0 aromatic carbocycles. The molecular formula is C12H20BrN3O. The Bertz CT molecular complexity index is 348. The van der Waals surface area contributed by atoms with E-state index in [2.05, 4.69) is 37.6 Å². The third kappa shape index (κ3) is 3.28. The zero-order valence-electron chi connectivity index (χ0n) is 10.4. The number of ether oxygens (including phenoxy) is 1. The molecule has 1 saturated heterocycles. The van der Waals surface area contributed by atoms with Crippen LogP contribution in [0.1, 0.15) is 44.3 Å². The molecule has 0 spiro atoms. The Morgan fingerprint density at radius 1 is 1.35 bits per heavy atom. The van der Waals surface area contributed by atoms with Crippen LogP contribution >= 0.6 is 15.9 Å². The van der Waals surface area contributed by atoms with Crippen molar-refractivity contribution in [2.45, 2.75) is 57.0 Å². The Labute approximate surface area is 111 Å². The van der Waals surface area contributed by atoms with Gasteiger partial charge >= 0.3 is 0 Å². The molecule has 1 aromatic heterocycles. The molecule has 1 atom stereocenters. The summed E-state index contributed by atoms with van der Waals surface area (Å²) in [4.78, 5) is 0. The van der Waals surface area contributed by atoms with Gasteiger partial charge in [0.1, 0.15) is 11.6 Å². The Balaban J connectivity index is 1.91. The van der Waals surface area contributed by atoms with Crippen molar-refractivity contribution in [3.8, 4) is 0 Å². The normalized spacial score (nSPS) is 20.7. The van der Waals surface area contributed by atoms with Gasteiger partial charge in [-0.1, -0.05) is 15.9 Å². The summed E-state index contributed by atoms with van der Waals surface area (Å²) in [5.74, 6) is 2.11. The van der Waals surface area contributed by atoms with Gasteiger partial charge in [-0.2, -0.15) is 0 Å². The molecule has 1 fully saturated rings. The smallest absolute Gasteiger partial charge is 0.143 e. The van der Waals surface area contributed by atoms with E-state index in [1.165, 1.54) is 19.3 Å². The van der Waals surface area contributed by atoms with Crippen molar-refractivity contribution in [2.75, 3.05) is 6.61 Å². The summed E-state index contributed by atoms with van der Waals surface area (Å²) in [7, 11) is 0. The standard InChI is InChI=1S/C12H20BrN3O/c1-2-16-11(14-15-12(16)9-13)7-6-10-5-3-4-8-17-10/h10H,2-9H2,1H3. The van der Waals surface area contributed by atoms with E-state index in [0.717, 1.165) is 43.0 Å². The number of hydrogen-bond acceptors (Lipinski definition) is 3. The second-order valence-corrected chi connectivity index (χ2v) is 5.00. The highest BCUT2D eigenvalue weighted by molar-refractivity contribution is 9.08. The summed E-state index contributed by atoms with van der Waals surface area (Å²) in [5.41, 5.74) is 0. The lowest BCUT2D eigenvalue weighted by Gasteiger charge is -2.22. The van der Waals surface area contributed by atoms with Crippen molar-refractivity contribution >= 4 is 15.9 Å². The Hall–Kier alpha value is -0.420. The van der Waals surface area contributed by atoms with Gasteiger partial charge in [-0.05, 0) is 32.6 Å². The van der Waals surface area contributed by atoms with Crippen LogP contribution in [0.4, 0.5) is 0 Å². The quantitative estimate of drug-likeness (QED) is 0.785. The summed E-state index contributed by atoms with van der Waals surface area (Å²) in [6.07, 6.45) is 6.19. The molecule has 0 amide bonds. The van der Waals surface area contributed by atoms with Crippen LogP contribution < -0.4 is 0 Å². The monoisotopic (exact) mass is 301 g/mol. The van der Waals surface area contributed by atoms with Gasteiger partial charge in [0, 0.05) is 19.6 Å². The molecule has 4 nitrogen and oxygen atoms in total. The summed E-state index contributed by atoms with van der Waals surface area (Å²) in [5, 5.41) is 9.24. The molecule has 2 heterocycles. The fourth-order valence-corrected chi connectivity index (χ4v) is 2.76. The fourth-order valence-electron chi connectivity index (χ4n) is 2.35. The van der Waals surface area contributed by atoms with Gasteiger partial charge in [0.15, 0.2) is 0 Å². The van der Waals surface area contributed by atoms with E-state index in [9.17, 15) is 0 Å². The third-order valence-corrected chi connectivity index (χ3v) is 3.81. The van der Waals surface area contributed by atoms with E-state index in [4.69, 9.17) is 4.74 Å². The van der Waals surface area contributed by atoms with Crippen LogP contribution in [-0.4, -0.2) is 27.5 Å². The molecule has 0 bridgehead atoms. The highest BCUT2D eigenvalue weighted by atomic mass is 79.9. The zero-order valence-corrected chi connectivity index (χ0v) is 11.9. The molecule has 0 saturated carbocycles. The minimum atomic E-state index is 0.429. The van der Waals surface area contributed by atoms with Gasteiger partial charge in [-0.15, -0.1) is 10.2 Å². The number of aryl methyl sites for hydroxylation is 1. The van der Waals surface area contributed by atoms with Crippen molar-refractivity contribution in [1.82, 2.24) is 14.8 Å². The minimum absolute atomic E-state index is 0.429. The summed E-state index contributed by atoms with van der Waals surface area (Å²) in [6, 6.07) is 0. The van der Waals surface area contributed by atoms with E-state index in [1.807, 2.05) is 0 Å². The fraction of sp³-hybridized carbons (Fsp3) is 0.833. The van der Waals surface area contributed by atoms with E-state index in [1.54, 1.807) is 0 Å². The molecule has 0 N–H and O–H groups in total. The zero-order chi connectivity index (χ0) is 12.1. The molecule has 2 rings (SSSR count). The van der Waals surface area contributed by atoms with Crippen molar-refractivity contribution < 1.29 is 4.74 Å². The molecule has 1 unspecified atom stereocenters. The minimum Gasteiger partial charge on any atom is -0.378 e. The highest BCUT2D eigenvalue weighted by Crippen LogP contribution is 2.18. The van der Waals surface area contributed by atoms with Crippen LogP contribution in [-0.2, 0) is 23.0 Å². The first-order valence-electron chi connectivity index (χ1n) is 6.43. The SMILES string of the molecule is CCn1c(CBr)nnc1CCC1CCCCO1. The molecule has 96 valence electrons. The highest BCUT2D eigenvalue weighted by Gasteiger charge is 2.16. The maximum absolute atomic E-state index is 5.74. The second kappa shape index (κ2) is 6.50. The van der Waals surface area contributed by atoms with Crippen LogP contribution in [0.25, 0.3) is 0 Å². The Morgan fingerprint density at radius 2 is 2.18 bits per heavy atom. The van der Waals surface area contributed by atoms with E-state index >= 15 is 0 Å². The molecule has 0 aliphatic carbocycles. The summed E-state index contributed by atoms with van der Waals surface area (Å²) >= 11 is 3.44. The number of halogens is 1. The van der Waals surface area contributed by atoms with Gasteiger partial charge in [0.25, 0.3) is 0 Å². The predicted octanol–water partition coefficient (Wildman–Crippen LogP) is 2.69. The van der Waals surface area contributed by atoms with Gasteiger partial charge < -0.3 is 9.30 Å². The average molecular weight is 302 g/mol. The van der Waals surface area contributed by atoms with E-state index < -0.39 is 0 Å². The largest absolute Gasteiger partial charge is 0.378 e. The third-order valence-electron chi connectivity index (χ3n) is 3.30. The van der Waals surface area contributed by atoms with Crippen LogP contribution in [0.5, 0.6) is 0 Å². The summed E-state index contributed by atoms with van der Waals surface area (Å²) in [6.45, 7) is 4.00. The Morgan fingerprint density at radius 3 is 2.82 bits per heavy atom.